The molecule has 1 saturated carbocycles. The summed E-state index contributed by atoms with van der Waals surface area (Å²) in [6.45, 7) is 2.56. The van der Waals surface area contributed by atoms with Crippen molar-refractivity contribution in [3.8, 4) is 5.75 Å². The molecule has 0 amide bonds. The molecule has 128 valence electrons. The number of nitrogens with zero attached hydrogens (tertiary/aromatic N) is 1. The van der Waals surface area contributed by atoms with Gasteiger partial charge in [-0.3, -0.25) is 0 Å². The molecule has 0 N–H and O–H groups in total. The van der Waals surface area contributed by atoms with Crippen LogP contribution in [0.2, 0.25) is 0 Å². The van der Waals surface area contributed by atoms with Gasteiger partial charge in [-0.2, -0.15) is 0 Å². The molecule has 3 heteroatoms. The number of likely N-dealkylation sites (tertiary alicyclic amines) is 1. The zero-order valence-electron chi connectivity index (χ0n) is 14.7. The summed E-state index contributed by atoms with van der Waals surface area (Å²) < 4.78 is 11.3. The largest absolute Gasteiger partial charge is 0.497 e. The molecule has 0 spiro atoms. The fraction of sp³-hybridized carbons (Fsp3) is 0.700. The van der Waals surface area contributed by atoms with Crippen LogP contribution in [-0.4, -0.2) is 38.3 Å². The number of hydrogen-bond acceptors (Lipinski definition) is 3. The first-order valence-electron chi connectivity index (χ1n) is 9.24. The van der Waals surface area contributed by atoms with Gasteiger partial charge in [0.1, 0.15) is 5.75 Å². The van der Waals surface area contributed by atoms with Gasteiger partial charge in [0.2, 0.25) is 0 Å². The molecule has 1 aliphatic heterocycles. The number of hydrogen-bond donors (Lipinski definition) is 0. The van der Waals surface area contributed by atoms with Crippen molar-refractivity contribution in [2.24, 2.45) is 5.92 Å². The van der Waals surface area contributed by atoms with Crippen LogP contribution in [0.3, 0.4) is 0 Å². The maximum Gasteiger partial charge on any atom is 0.118 e. The first kappa shape index (κ1) is 16.8. The Bertz CT molecular complexity index is 467. The number of benzene rings is 1. The Kier molecular flexibility index (Phi) is 5.96. The molecule has 0 aromatic heterocycles. The third kappa shape index (κ3) is 3.89. The Morgan fingerprint density at radius 2 is 1.61 bits per heavy atom. The van der Waals surface area contributed by atoms with Gasteiger partial charge < -0.3 is 14.4 Å². The molecule has 0 bridgehead atoms. The molecule has 3 rings (SSSR count). The predicted molar refractivity (Wildman–Crippen MR) is 93.9 cm³/mol. The van der Waals surface area contributed by atoms with Crippen LogP contribution in [-0.2, 0) is 4.74 Å². The minimum Gasteiger partial charge on any atom is -0.497 e. The van der Waals surface area contributed by atoms with E-state index in [1.807, 2.05) is 7.11 Å². The molecule has 0 radical (unpaired) electrons. The number of rotatable bonds is 5. The summed E-state index contributed by atoms with van der Waals surface area (Å²) in [6, 6.07) is 9.15. The molecular formula is C20H31NO2. The lowest BCUT2D eigenvalue weighted by Crippen LogP contribution is -2.47. The van der Waals surface area contributed by atoms with E-state index in [0.717, 1.165) is 5.75 Å². The lowest BCUT2D eigenvalue weighted by atomic mass is 9.77. The summed E-state index contributed by atoms with van der Waals surface area (Å²) in [6.07, 6.45) is 9.66. The van der Waals surface area contributed by atoms with E-state index in [-0.39, 0.29) is 6.10 Å². The van der Waals surface area contributed by atoms with Crippen LogP contribution in [0.1, 0.15) is 56.6 Å². The van der Waals surface area contributed by atoms with Crippen molar-refractivity contribution in [3.63, 3.8) is 0 Å². The van der Waals surface area contributed by atoms with Crippen molar-refractivity contribution in [3.05, 3.63) is 29.8 Å². The molecule has 0 unspecified atom stereocenters. The van der Waals surface area contributed by atoms with Gasteiger partial charge in [-0.15, -0.1) is 0 Å². The zero-order valence-corrected chi connectivity index (χ0v) is 14.7. The lowest BCUT2D eigenvalue weighted by Gasteiger charge is -2.44. The minimum absolute atomic E-state index is 0.202. The molecule has 2 fully saturated rings. The van der Waals surface area contributed by atoms with Crippen LogP contribution in [0.25, 0.3) is 0 Å². The second kappa shape index (κ2) is 8.16. The standard InChI is InChI=1S/C20H31NO2/c1-22-17-12-10-16(11-13-17)20(23-2)18-8-4-5-9-19(18)21-14-6-3-7-15-21/h10-13,18-20H,3-9,14-15H2,1-2H3/t18-,19+,20-/m1/s1. The molecule has 1 aromatic carbocycles. The van der Waals surface area contributed by atoms with E-state index in [9.17, 15) is 0 Å². The summed E-state index contributed by atoms with van der Waals surface area (Å²) in [4.78, 5) is 2.75. The van der Waals surface area contributed by atoms with Gasteiger partial charge in [0, 0.05) is 19.1 Å². The van der Waals surface area contributed by atoms with Crippen LogP contribution in [0.5, 0.6) is 5.75 Å². The number of ether oxygens (including phenoxy) is 2. The lowest BCUT2D eigenvalue weighted by molar-refractivity contribution is -0.0204. The smallest absolute Gasteiger partial charge is 0.118 e. The second-order valence-electron chi connectivity index (χ2n) is 7.04. The van der Waals surface area contributed by atoms with E-state index in [0.29, 0.717) is 12.0 Å². The van der Waals surface area contributed by atoms with Gasteiger partial charge in [-0.25, -0.2) is 0 Å². The molecule has 1 saturated heterocycles. The fourth-order valence-corrected chi connectivity index (χ4v) is 4.55. The van der Waals surface area contributed by atoms with E-state index in [4.69, 9.17) is 9.47 Å². The number of piperidine rings is 1. The predicted octanol–water partition coefficient (Wildman–Crippen LogP) is 4.43. The average molecular weight is 317 g/mol. The molecular weight excluding hydrogens is 286 g/mol. The van der Waals surface area contributed by atoms with Gasteiger partial charge in [0.25, 0.3) is 0 Å². The van der Waals surface area contributed by atoms with Gasteiger partial charge in [0.05, 0.1) is 13.2 Å². The van der Waals surface area contributed by atoms with Crippen LogP contribution < -0.4 is 4.74 Å². The van der Waals surface area contributed by atoms with Crippen molar-refractivity contribution >= 4 is 0 Å². The van der Waals surface area contributed by atoms with Crippen molar-refractivity contribution in [1.29, 1.82) is 0 Å². The van der Waals surface area contributed by atoms with E-state index < -0.39 is 0 Å². The Balaban J connectivity index is 1.78. The van der Waals surface area contributed by atoms with Gasteiger partial charge in [-0.1, -0.05) is 31.4 Å². The molecule has 23 heavy (non-hydrogen) atoms. The van der Waals surface area contributed by atoms with Crippen molar-refractivity contribution < 1.29 is 9.47 Å². The van der Waals surface area contributed by atoms with Gasteiger partial charge in [-0.05, 0) is 56.5 Å². The van der Waals surface area contributed by atoms with E-state index in [2.05, 4.69) is 29.2 Å². The average Bonchev–Trinajstić information content (AvgIpc) is 2.64. The summed E-state index contributed by atoms with van der Waals surface area (Å²) in [5.41, 5.74) is 1.29. The van der Waals surface area contributed by atoms with E-state index in [1.165, 1.54) is 63.6 Å². The van der Waals surface area contributed by atoms with Crippen LogP contribution in [0, 0.1) is 5.92 Å². The fourth-order valence-electron chi connectivity index (χ4n) is 4.55. The maximum absolute atomic E-state index is 6.00. The highest BCUT2D eigenvalue weighted by Gasteiger charge is 2.36. The molecule has 1 aromatic rings. The normalized spacial score (nSPS) is 27.6. The third-order valence-corrected chi connectivity index (χ3v) is 5.73. The molecule has 3 atom stereocenters. The Morgan fingerprint density at radius 3 is 2.26 bits per heavy atom. The monoisotopic (exact) mass is 317 g/mol. The summed E-state index contributed by atoms with van der Waals surface area (Å²) in [5.74, 6) is 1.53. The highest BCUT2D eigenvalue weighted by Crippen LogP contribution is 2.40. The van der Waals surface area contributed by atoms with Crippen LogP contribution >= 0.6 is 0 Å². The highest BCUT2D eigenvalue weighted by atomic mass is 16.5. The number of methoxy groups -OCH3 is 2. The highest BCUT2D eigenvalue weighted by molar-refractivity contribution is 5.29. The molecule has 2 aliphatic rings. The topological polar surface area (TPSA) is 21.7 Å². The van der Waals surface area contributed by atoms with Gasteiger partial charge >= 0.3 is 0 Å². The Labute approximate surface area is 141 Å². The molecule has 3 nitrogen and oxygen atoms in total. The molecule has 1 heterocycles. The van der Waals surface area contributed by atoms with Crippen molar-refractivity contribution in [2.75, 3.05) is 27.3 Å². The van der Waals surface area contributed by atoms with E-state index >= 15 is 0 Å². The summed E-state index contributed by atoms with van der Waals surface area (Å²) in [5, 5.41) is 0. The Hall–Kier alpha value is -1.06. The summed E-state index contributed by atoms with van der Waals surface area (Å²) in [7, 11) is 3.59. The first-order valence-corrected chi connectivity index (χ1v) is 9.24. The third-order valence-electron chi connectivity index (χ3n) is 5.73. The summed E-state index contributed by atoms with van der Waals surface area (Å²) >= 11 is 0. The van der Waals surface area contributed by atoms with Crippen LogP contribution in [0.15, 0.2) is 24.3 Å². The zero-order chi connectivity index (χ0) is 16.1. The maximum atomic E-state index is 6.00. The van der Waals surface area contributed by atoms with E-state index in [1.54, 1.807) is 7.11 Å². The quantitative estimate of drug-likeness (QED) is 0.802. The minimum atomic E-state index is 0.202. The SMILES string of the molecule is COc1ccc([C@@H](OC)[C@@H]2CCCC[C@@H]2N2CCCCC2)cc1. The second-order valence-corrected chi connectivity index (χ2v) is 7.04. The Morgan fingerprint density at radius 1 is 0.913 bits per heavy atom. The molecule has 1 aliphatic carbocycles. The first-order chi connectivity index (χ1) is 11.3. The van der Waals surface area contributed by atoms with Crippen LogP contribution in [0.4, 0.5) is 0 Å². The van der Waals surface area contributed by atoms with Gasteiger partial charge in [0.15, 0.2) is 0 Å². The van der Waals surface area contributed by atoms with Crippen molar-refractivity contribution in [1.82, 2.24) is 4.90 Å². The van der Waals surface area contributed by atoms with Crippen molar-refractivity contribution in [2.45, 2.75) is 57.1 Å².